The van der Waals surface area contributed by atoms with Gasteiger partial charge in [-0.25, -0.2) is 9.98 Å². The maximum absolute atomic E-state index is 12.2. The molecular weight excluding hydrogens is 510 g/mol. The number of hydrogen-bond acceptors (Lipinski definition) is 6. The lowest BCUT2D eigenvalue weighted by atomic mass is 9.76. The zero-order valence-corrected chi connectivity index (χ0v) is 23.6. The summed E-state index contributed by atoms with van der Waals surface area (Å²) in [5.74, 6) is -1.05. The van der Waals surface area contributed by atoms with Gasteiger partial charge in [0.1, 0.15) is 24.4 Å². The maximum atomic E-state index is 12.2. The molecule has 1 heterocycles. The van der Waals surface area contributed by atoms with Gasteiger partial charge in [0.25, 0.3) is 11.8 Å². The van der Waals surface area contributed by atoms with Crippen LogP contribution in [0, 0.1) is 5.92 Å². The van der Waals surface area contributed by atoms with Gasteiger partial charge in [0.2, 0.25) is 0 Å². The number of amides is 2. The summed E-state index contributed by atoms with van der Waals surface area (Å²) in [6.45, 7) is 6.57. The third-order valence-corrected chi connectivity index (χ3v) is 7.36. The van der Waals surface area contributed by atoms with Gasteiger partial charge in [0.05, 0.1) is 5.70 Å². The molecule has 1 saturated heterocycles. The number of carbonyl (C=O) groups excluding carboxylic acids is 2. The van der Waals surface area contributed by atoms with Crippen LogP contribution in [0.2, 0.25) is 0 Å². The highest BCUT2D eigenvalue weighted by Gasteiger charge is 2.27. The van der Waals surface area contributed by atoms with Gasteiger partial charge in [-0.2, -0.15) is 0 Å². The van der Waals surface area contributed by atoms with Crippen molar-refractivity contribution in [1.29, 1.82) is 0 Å². The van der Waals surface area contributed by atoms with E-state index in [2.05, 4.69) is 62.8 Å². The van der Waals surface area contributed by atoms with Crippen LogP contribution in [0.3, 0.4) is 0 Å². The van der Waals surface area contributed by atoms with Crippen LogP contribution in [-0.4, -0.2) is 66.2 Å². The first-order chi connectivity index (χ1) is 19.0. The fourth-order valence-electron chi connectivity index (χ4n) is 4.84. The number of allylic oxidation sites excluding steroid dienone is 3. The lowest BCUT2D eigenvalue weighted by Gasteiger charge is -2.34. The van der Waals surface area contributed by atoms with Crippen molar-refractivity contribution in [2.24, 2.45) is 15.9 Å². The van der Waals surface area contributed by atoms with Crippen molar-refractivity contribution in [1.82, 2.24) is 10.6 Å². The summed E-state index contributed by atoms with van der Waals surface area (Å²) in [7, 11) is 1.64. The summed E-state index contributed by atoms with van der Waals surface area (Å²) >= 11 is 0. The van der Waals surface area contributed by atoms with Crippen molar-refractivity contribution in [3.05, 3.63) is 65.6 Å². The average Bonchev–Trinajstić information content (AvgIpc) is 2.96. The van der Waals surface area contributed by atoms with Gasteiger partial charge in [-0.05, 0) is 56.7 Å². The van der Waals surface area contributed by atoms with Crippen molar-refractivity contribution in [2.45, 2.75) is 51.9 Å². The van der Waals surface area contributed by atoms with E-state index in [1.165, 1.54) is 12.5 Å². The molecule has 1 atom stereocenters. The van der Waals surface area contributed by atoms with Crippen molar-refractivity contribution < 1.29 is 24.6 Å². The number of aliphatic hydroxyl groups is 1. The number of benzene rings is 1. The highest BCUT2D eigenvalue weighted by atomic mass is 16.4. The van der Waals surface area contributed by atoms with Gasteiger partial charge in [-0.15, -0.1) is 0 Å². The minimum atomic E-state index is -1.14. The number of aliphatic imine (C=N–C) groups is 2. The van der Waals surface area contributed by atoms with Crippen molar-refractivity contribution in [2.75, 3.05) is 31.6 Å². The van der Waals surface area contributed by atoms with Crippen LogP contribution in [0.15, 0.2) is 70.0 Å². The predicted molar refractivity (Wildman–Crippen MR) is 157 cm³/mol. The number of nitrogens with one attached hydrogen (secondary N) is 2. The average molecular weight is 550 g/mol. The third kappa shape index (κ3) is 8.14. The number of aliphatic hydroxyl groups excluding tert-OH is 1. The smallest absolute Gasteiger partial charge is 0.322 e. The lowest BCUT2D eigenvalue weighted by molar-refractivity contribution is -0.137. The van der Waals surface area contributed by atoms with E-state index in [0.717, 1.165) is 44.3 Å². The van der Waals surface area contributed by atoms with E-state index in [-0.39, 0.29) is 17.0 Å². The van der Waals surface area contributed by atoms with Crippen LogP contribution < -0.4 is 15.5 Å². The Morgan fingerprint density at radius 3 is 2.35 bits per heavy atom. The summed E-state index contributed by atoms with van der Waals surface area (Å²) < 4.78 is 0. The molecule has 4 N–H and O–H groups in total. The van der Waals surface area contributed by atoms with Gasteiger partial charge in [-0.1, -0.05) is 37.3 Å². The molecule has 2 aliphatic rings. The van der Waals surface area contributed by atoms with Crippen molar-refractivity contribution >= 4 is 35.0 Å². The first kappa shape index (κ1) is 30.3. The predicted octanol–water partition coefficient (Wildman–Crippen LogP) is 3.66. The Labute approximate surface area is 235 Å². The standard InChI is InChI=1S/C30H39N5O5/c1-20(19-36)33-26(34-21(2)28(39)32-18-27(37)38)17-22-11-15-35(16-12-22)25-7-5-24(6-8-25)30(3)13-9-23(10-14-30)29(40)31-4/h5-10,13,19,22,36H,11-12,14-18H2,1-4H3,(H,31,40)(H,32,39)(H,37,38)/b20-19+,33-26?,34-21?/t30-/m1/s1. The van der Waals surface area contributed by atoms with Crippen molar-refractivity contribution in [3.8, 4) is 0 Å². The minimum Gasteiger partial charge on any atom is -0.514 e. The van der Waals surface area contributed by atoms with Crippen LogP contribution in [0.4, 0.5) is 5.69 Å². The Bertz CT molecular complexity index is 1250. The molecule has 0 saturated carbocycles. The number of piperidine rings is 1. The minimum absolute atomic E-state index is 0.0707. The fourth-order valence-corrected chi connectivity index (χ4v) is 4.84. The molecule has 0 unspecified atom stereocenters. The highest BCUT2D eigenvalue weighted by Crippen LogP contribution is 2.35. The zero-order chi connectivity index (χ0) is 29.3. The number of anilines is 1. The normalized spacial score (nSPS) is 20.6. The number of carboxylic acids is 1. The van der Waals surface area contributed by atoms with E-state index >= 15 is 0 Å². The number of carbonyl (C=O) groups is 3. The Hall–Kier alpha value is -4.21. The van der Waals surface area contributed by atoms with Crippen LogP contribution in [-0.2, 0) is 19.8 Å². The van der Waals surface area contributed by atoms with E-state index in [1.807, 2.05) is 12.2 Å². The van der Waals surface area contributed by atoms with Gasteiger partial charge in [0, 0.05) is 43.2 Å². The molecule has 10 nitrogen and oxygen atoms in total. The molecule has 214 valence electrons. The van der Waals surface area contributed by atoms with E-state index in [9.17, 15) is 19.5 Å². The first-order valence-corrected chi connectivity index (χ1v) is 13.5. The van der Waals surface area contributed by atoms with Gasteiger partial charge >= 0.3 is 5.97 Å². The molecular formula is C30H39N5O5. The molecule has 1 aromatic rings. The van der Waals surface area contributed by atoms with Crippen LogP contribution >= 0.6 is 0 Å². The lowest BCUT2D eigenvalue weighted by Crippen LogP contribution is -2.35. The van der Waals surface area contributed by atoms with Gasteiger partial charge in [0.15, 0.2) is 0 Å². The number of aliphatic carboxylic acids is 1. The Kier molecular flexibility index (Phi) is 10.4. The topological polar surface area (TPSA) is 144 Å². The number of rotatable bonds is 9. The highest BCUT2D eigenvalue weighted by molar-refractivity contribution is 6.39. The fraction of sp³-hybridized carbons (Fsp3) is 0.433. The molecule has 1 aliphatic heterocycles. The summed E-state index contributed by atoms with van der Waals surface area (Å²) in [5.41, 5.74) is 3.37. The maximum Gasteiger partial charge on any atom is 0.322 e. The Morgan fingerprint density at radius 1 is 1.12 bits per heavy atom. The number of carboxylic acid groups (broad SMARTS) is 1. The number of amidine groups is 1. The summed E-state index contributed by atoms with van der Waals surface area (Å²) in [6, 6.07) is 8.62. The second kappa shape index (κ2) is 13.7. The summed E-state index contributed by atoms with van der Waals surface area (Å²) in [5, 5.41) is 23.1. The summed E-state index contributed by atoms with van der Waals surface area (Å²) in [6.07, 6.45) is 10.00. The van der Waals surface area contributed by atoms with Gasteiger partial charge < -0.3 is 25.7 Å². The number of hydrogen-bond donors (Lipinski definition) is 4. The molecule has 1 aromatic carbocycles. The Morgan fingerprint density at radius 2 is 1.80 bits per heavy atom. The molecule has 3 rings (SSSR count). The van der Waals surface area contributed by atoms with Crippen molar-refractivity contribution in [3.63, 3.8) is 0 Å². The molecule has 1 aliphatic carbocycles. The van der Waals surface area contributed by atoms with E-state index < -0.39 is 18.4 Å². The van der Waals surface area contributed by atoms with E-state index in [0.29, 0.717) is 29.4 Å². The first-order valence-electron chi connectivity index (χ1n) is 13.5. The molecule has 1 fully saturated rings. The zero-order valence-electron chi connectivity index (χ0n) is 23.6. The molecule has 40 heavy (non-hydrogen) atoms. The van der Waals surface area contributed by atoms with E-state index in [1.54, 1.807) is 14.0 Å². The summed E-state index contributed by atoms with van der Waals surface area (Å²) in [4.78, 5) is 45.9. The SMILES string of the molecule is CNC(=O)C1=CC[C@](C)(c2ccc(N3CCC(CC(=N/C(C)=C/O)N=C(C)C(=O)NCC(=O)O)CC3)cc2)C=C1. The molecule has 0 spiro atoms. The molecule has 0 radical (unpaired) electrons. The van der Waals surface area contributed by atoms with Crippen LogP contribution in [0.25, 0.3) is 0 Å². The number of nitrogens with zero attached hydrogens (tertiary/aromatic N) is 3. The van der Waals surface area contributed by atoms with Gasteiger partial charge in [-0.3, -0.25) is 14.4 Å². The molecule has 0 aromatic heterocycles. The molecule has 10 heteroatoms. The second-order valence-corrected chi connectivity index (χ2v) is 10.4. The second-order valence-electron chi connectivity index (χ2n) is 10.4. The number of likely N-dealkylation sites (N-methyl/N-ethyl adjacent to an activating group) is 1. The third-order valence-electron chi connectivity index (χ3n) is 7.36. The largest absolute Gasteiger partial charge is 0.514 e. The van der Waals surface area contributed by atoms with Crippen LogP contribution in [0.5, 0.6) is 0 Å². The Balaban J connectivity index is 1.61. The quantitative estimate of drug-likeness (QED) is 0.210. The monoisotopic (exact) mass is 549 g/mol. The molecule has 0 bridgehead atoms. The van der Waals surface area contributed by atoms with E-state index in [4.69, 9.17) is 5.11 Å². The van der Waals surface area contributed by atoms with Crippen LogP contribution in [0.1, 0.15) is 52.0 Å². The molecule has 2 amide bonds.